The smallest absolute Gasteiger partial charge is 0.416 e. The summed E-state index contributed by atoms with van der Waals surface area (Å²) in [6, 6.07) is 19.4. The number of alkyl halides is 3. The molecule has 3 N–H and O–H groups in total. The van der Waals surface area contributed by atoms with E-state index >= 15 is 0 Å². The maximum Gasteiger partial charge on any atom is 0.416 e. The number of aromatic hydroxyl groups is 1. The molecule has 0 aliphatic heterocycles. The van der Waals surface area contributed by atoms with Gasteiger partial charge in [0.25, 0.3) is 5.56 Å². The molecule has 0 aliphatic rings. The van der Waals surface area contributed by atoms with Gasteiger partial charge in [0.05, 0.1) is 24.9 Å². The van der Waals surface area contributed by atoms with Crippen LogP contribution in [0.1, 0.15) is 16.7 Å². The van der Waals surface area contributed by atoms with Gasteiger partial charge in [0.2, 0.25) is 5.88 Å². The molecule has 11 heteroatoms. The van der Waals surface area contributed by atoms with Gasteiger partial charge in [0.1, 0.15) is 17.1 Å². The molecule has 0 atom stereocenters. The molecule has 37 heavy (non-hydrogen) atoms. The van der Waals surface area contributed by atoms with E-state index in [4.69, 9.17) is 4.74 Å². The number of aromatic amines is 1. The number of rotatable bonds is 6. The van der Waals surface area contributed by atoms with Gasteiger partial charge in [0, 0.05) is 5.69 Å². The highest BCUT2D eigenvalue weighted by atomic mass is 19.4. The minimum absolute atomic E-state index is 0.137. The summed E-state index contributed by atoms with van der Waals surface area (Å²) >= 11 is 0. The molecule has 0 spiro atoms. The summed E-state index contributed by atoms with van der Waals surface area (Å²) in [5.74, 6) is -0.480. The van der Waals surface area contributed by atoms with Crippen LogP contribution in [-0.2, 0) is 12.7 Å². The minimum atomic E-state index is -4.61. The number of methoxy groups -OCH3 is 1. The molecule has 0 saturated carbocycles. The van der Waals surface area contributed by atoms with Crippen LogP contribution in [0, 0.1) is 0 Å². The third-order valence-corrected chi connectivity index (χ3v) is 5.42. The van der Waals surface area contributed by atoms with Gasteiger partial charge in [-0.1, -0.05) is 36.4 Å². The highest BCUT2D eigenvalue weighted by molar-refractivity contribution is 6.09. The van der Waals surface area contributed by atoms with Crippen molar-refractivity contribution >= 4 is 11.5 Å². The van der Waals surface area contributed by atoms with E-state index in [1.165, 1.54) is 37.4 Å². The average molecular weight is 510 g/mol. The predicted molar refractivity (Wildman–Crippen MR) is 133 cm³/mol. The van der Waals surface area contributed by atoms with Gasteiger partial charge in [-0.3, -0.25) is 14.8 Å². The monoisotopic (exact) mass is 510 g/mol. The summed E-state index contributed by atoms with van der Waals surface area (Å²) in [5, 5.41) is 13.9. The van der Waals surface area contributed by atoms with E-state index in [1.54, 1.807) is 42.5 Å². The number of benzene rings is 3. The van der Waals surface area contributed by atoms with Crippen molar-refractivity contribution < 1.29 is 23.0 Å². The number of halogens is 3. The van der Waals surface area contributed by atoms with Crippen LogP contribution in [0.2, 0.25) is 0 Å². The second kappa shape index (κ2) is 10.4. The highest BCUT2D eigenvalue weighted by Crippen LogP contribution is 2.32. The molecule has 0 radical (unpaired) electrons. The molecule has 1 heterocycles. The van der Waals surface area contributed by atoms with Crippen molar-refractivity contribution in [3.05, 3.63) is 116 Å². The minimum Gasteiger partial charge on any atom is -0.497 e. The van der Waals surface area contributed by atoms with Gasteiger partial charge < -0.3 is 15.2 Å². The number of hydrogen-bond acceptors (Lipinski definition) is 5. The van der Waals surface area contributed by atoms with Crippen molar-refractivity contribution in [2.75, 3.05) is 12.4 Å². The van der Waals surface area contributed by atoms with Crippen molar-refractivity contribution in [1.82, 2.24) is 9.55 Å². The van der Waals surface area contributed by atoms with Gasteiger partial charge in [-0.25, -0.2) is 9.36 Å². The predicted octanol–water partition coefficient (Wildman–Crippen LogP) is 4.32. The molecule has 1 aromatic heterocycles. The van der Waals surface area contributed by atoms with E-state index in [1.807, 2.05) is 0 Å². The third kappa shape index (κ3) is 5.56. The number of amidine groups is 1. The fourth-order valence-electron chi connectivity index (χ4n) is 3.65. The number of aliphatic imine (C=N–C) groups is 1. The number of para-hydroxylation sites is 1. The first-order valence-electron chi connectivity index (χ1n) is 10.9. The third-order valence-electron chi connectivity index (χ3n) is 5.42. The zero-order valence-corrected chi connectivity index (χ0v) is 19.4. The van der Waals surface area contributed by atoms with E-state index < -0.39 is 41.0 Å². The first-order chi connectivity index (χ1) is 17.7. The van der Waals surface area contributed by atoms with E-state index in [9.17, 15) is 27.9 Å². The maximum atomic E-state index is 13.5. The number of anilines is 1. The second-order valence-electron chi connectivity index (χ2n) is 7.80. The Morgan fingerprint density at radius 1 is 1.00 bits per heavy atom. The van der Waals surface area contributed by atoms with Gasteiger partial charge in [-0.2, -0.15) is 13.2 Å². The first-order valence-corrected chi connectivity index (χ1v) is 10.9. The molecule has 0 saturated heterocycles. The van der Waals surface area contributed by atoms with Crippen LogP contribution in [0.3, 0.4) is 0 Å². The lowest BCUT2D eigenvalue weighted by atomic mass is 10.1. The SMILES string of the molecule is COc1ccc(-n2c(O)c(C(=NCc3ccccc3C(F)(F)F)Nc3ccccc3)c(=O)[nH]c2=O)cc1. The van der Waals surface area contributed by atoms with Gasteiger partial charge >= 0.3 is 11.9 Å². The van der Waals surface area contributed by atoms with Crippen molar-refractivity contribution in [2.45, 2.75) is 12.7 Å². The summed E-state index contributed by atoms with van der Waals surface area (Å²) in [4.78, 5) is 31.9. The molecule has 190 valence electrons. The summed E-state index contributed by atoms with van der Waals surface area (Å²) < 4.78 is 46.5. The lowest BCUT2D eigenvalue weighted by molar-refractivity contribution is -0.138. The Morgan fingerprint density at radius 2 is 1.65 bits per heavy atom. The van der Waals surface area contributed by atoms with Crippen LogP contribution in [-0.4, -0.2) is 27.6 Å². The molecule has 0 aliphatic carbocycles. The van der Waals surface area contributed by atoms with Crippen molar-refractivity contribution in [3.8, 4) is 17.3 Å². The summed E-state index contributed by atoms with van der Waals surface area (Å²) in [5.41, 5.74) is -2.67. The molecule has 0 unspecified atom stereocenters. The fraction of sp³-hybridized carbons (Fsp3) is 0.115. The molecule has 0 fully saturated rings. The van der Waals surface area contributed by atoms with E-state index in [2.05, 4.69) is 15.3 Å². The maximum absolute atomic E-state index is 13.5. The Labute approximate surface area is 208 Å². The number of aromatic nitrogens is 2. The Balaban J connectivity index is 1.87. The van der Waals surface area contributed by atoms with E-state index in [0.29, 0.717) is 11.4 Å². The van der Waals surface area contributed by atoms with Crippen LogP contribution < -0.4 is 21.3 Å². The Morgan fingerprint density at radius 3 is 2.30 bits per heavy atom. The van der Waals surface area contributed by atoms with Crippen LogP contribution in [0.15, 0.2) is 93.4 Å². The van der Waals surface area contributed by atoms with Crippen molar-refractivity contribution in [1.29, 1.82) is 0 Å². The number of ether oxygens (including phenoxy) is 1. The molecule has 4 aromatic rings. The van der Waals surface area contributed by atoms with E-state index in [0.717, 1.165) is 10.6 Å². The van der Waals surface area contributed by atoms with Crippen LogP contribution in [0.25, 0.3) is 5.69 Å². The van der Waals surface area contributed by atoms with Gasteiger partial charge in [0.15, 0.2) is 0 Å². The molecule has 0 amide bonds. The average Bonchev–Trinajstić information content (AvgIpc) is 2.87. The standard InChI is InChI=1S/C26H21F3N4O4/c1-37-19-13-11-18(12-14-19)33-24(35)21(23(34)32-25(33)36)22(31-17-8-3-2-4-9-17)30-15-16-7-5-6-10-20(16)26(27,28)29/h2-14,35H,15H2,1H3,(H,30,31)(H,32,34,36). The fourth-order valence-corrected chi connectivity index (χ4v) is 3.65. The van der Waals surface area contributed by atoms with E-state index in [-0.39, 0.29) is 17.1 Å². The van der Waals surface area contributed by atoms with Crippen LogP contribution in [0.5, 0.6) is 11.6 Å². The summed E-state index contributed by atoms with van der Waals surface area (Å²) in [6.45, 7) is -0.467. The molecule has 4 rings (SSSR count). The highest BCUT2D eigenvalue weighted by Gasteiger charge is 2.33. The van der Waals surface area contributed by atoms with Crippen LogP contribution in [0.4, 0.5) is 18.9 Å². The quantitative estimate of drug-likeness (QED) is 0.265. The van der Waals surface area contributed by atoms with Gasteiger partial charge in [-0.05, 0) is 48.0 Å². The van der Waals surface area contributed by atoms with Crippen LogP contribution >= 0.6 is 0 Å². The number of nitrogens with one attached hydrogen (secondary N) is 2. The Kier molecular flexibility index (Phi) is 7.14. The summed E-state index contributed by atoms with van der Waals surface area (Å²) in [7, 11) is 1.46. The molecule has 0 bridgehead atoms. The number of hydrogen-bond donors (Lipinski definition) is 3. The Bertz CT molecular complexity index is 1540. The van der Waals surface area contributed by atoms with Crippen molar-refractivity contribution in [2.24, 2.45) is 4.99 Å². The molecular formula is C26H21F3N4O4. The Hall–Kier alpha value is -4.80. The molecule has 3 aromatic carbocycles. The summed E-state index contributed by atoms with van der Waals surface area (Å²) in [6.07, 6.45) is -4.61. The second-order valence-corrected chi connectivity index (χ2v) is 7.80. The zero-order chi connectivity index (χ0) is 26.6. The number of nitrogens with zero attached hydrogens (tertiary/aromatic N) is 2. The first kappa shape index (κ1) is 25.3. The molecular weight excluding hydrogens is 489 g/mol. The lowest BCUT2D eigenvalue weighted by Crippen LogP contribution is -2.35. The van der Waals surface area contributed by atoms with Gasteiger partial charge in [-0.15, -0.1) is 0 Å². The lowest BCUT2D eigenvalue weighted by Gasteiger charge is -2.16. The largest absolute Gasteiger partial charge is 0.497 e. The number of H-pyrrole nitrogens is 1. The van der Waals surface area contributed by atoms with Crippen molar-refractivity contribution in [3.63, 3.8) is 0 Å². The molecule has 8 nitrogen and oxygen atoms in total. The zero-order valence-electron chi connectivity index (χ0n) is 19.4. The normalized spacial score (nSPS) is 11.8. The topological polar surface area (TPSA) is 109 Å².